The van der Waals surface area contributed by atoms with Crippen molar-refractivity contribution in [2.75, 3.05) is 26.7 Å². The number of hydrogen-bond acceptors (Lipinski definition) is 3. The Morgan fingerprint density at radius 3 is 2.75 bits per heavy atom. The number of rotatable bonds is 3. The molecule has 1 aromatic carbocycles. The summed E-state index contributed by atoms with van der Waals surface area (Å²) in [5.74, 6) is 1.88. The third kappa shape index (κ3) is 2.36. The van der Waals surface area contributed by atoms with Crippen molar-refractivity contribution in [3.05, 3.63) is 36.2 Å². The van der Waals surface area contributed by atoms with Crippen LogP contribution in [0.15, 0.2) is 24.3 Å². The van der Waals surface area contributed by atoms with Gasteiger partial charge in [-0.25, -0.2) is 0 Å². The molecule has 2 unspecified atom stereocenters. The standard InChI is InChI=1S/C13H19N2O/c1-16-12-4-2-10(3-5-12)13-9-15-7-6-11(13)8-14/h2-6,11,13,15H,7-9,14H2,1H3. The highest BCUT2D eigenvalue weighted by molar-refractivity contribution is 5.31. The molecule has 0 amide bonds. The predicted molar refractivity (Wildman–Crippen MR) is 65.4 cm³/mol. The highest BCUT2D eigenvalue weighted by atomic mass is 16.5. The van der Waals surface area contributed by atoms with E-state index in [1.807, 2.05) is 12.1 Å². The summed E-state index contributed by atoms with van der Waals surface area (Å²) in [6.07, 6.45) is 2.28. The molecule has 0 aromatic heterocycles. The molecule has 87 valence electrons. The van der Waals surface area contributed by atoms with Crippen molar-refractivity contribution < 1.29 is 4.74 Å². The summed E-state index contributed by atoms with van der Waals surface area (Å²) in [4.78, 5) is 0. The number of nitrogens with one attached hydrogen (secondary N) is 1. The van der Waals surface area contributed by atoms with Crippen LogP contribution in [0.25, 0.3) is 0 Å². The van der Waals surface area contributed by atoms with Crippen LogP contribution >= 0.6 is 0 Å². The van der Waals surface area contributed by atoms with E-state index in [4.69, 9.17) is 10.5 Å². The zero-order valence-electron chi connectivity index (χ0n) is 9.65. The van der Waals surface area contributed by atoms with Gasteiger partial charge in [0.1, 0.15) is 5.75 Å². The molecular weight excluding hydrogens is 200 g/mol. The van der Waals surface area contributed by atoms with Gasteiger partial charge >= 0.3 is 0 Å². The van der Waals surface area contributed by atoms with E-state index in [-0.39, 0.29) is 0 Å². The van der Waals surface area contributed by atoms with E-state index < -0.39 is 0 Å². The van der Waals surface area contributed by atoms with Gasteiger partial charge in [0, 0.05) is 12.5 Å². The molecule has 2 atom stereocenters. The van der Waals surface area contributed by atoms with E-state index in [1.54, 1.807) is 7.11 Å². The van der Waals surface area contributed by atoms with Crippen molar-refractivity contribution in [1.29, 1.82) is 0 Å². The number of nitrogens with two attached hydrogens (primary N) is 1. The smallest absolute Gasteiger partial charge is 0.118 e. The fraction of sp³-hybridized carbons (Fsp3) is 0.462. The maximum atomic E-state index is 5.80. The quantitative estimate of drug-likeness (QED) is 0.802. The van der Waals surface area contributed by atoms with E-state index in [0.717, 1.165) is 25.4 Å². The SMILES string of the molecule is COc1ccc(C2CNC[CH]C2CN)cc1. The summed E-state index contributed by atoms with van der Waals surface area (Å²) < 4.78 is 5.16. The largest absolute Gasteiger partial charge is 0.497 e. The van der Waals surface area contributed by atoms with Crippen LogP contribution in [-0.2, 0) is 0 Å². The first-order valence-corrected chi connectivity index (χ1v) is 5.73. The van der Waals surface area contributed by atoms with Crippen LogP contribution in [-0.4, -0.2) is 26.7 Å². The molecule has 3 nitrogen and oxygen atoms in total. The van der Waals surface area contributed by atoms with Crippen molar-refractivity contribution in [2.45, 2.75) is 5.92 Å². The third-order valence-electron chi connectivity index (χ3n) is 3.26. The van der Waals surface area contributed by atoms with Crippen LogP contribution in [0.5, 0.6) is 5.75 Å². The first-order valence-electron chi connectivity index (χ1n) is 5.73. The number of methoxy groups -OCH3 is 1. The monoisotopic (exact) mass is 219 g/mol. The van der Waals surface area contributed by atoms with Gasteiger partial charge in [-0.05, 0) is 43.1 Å². The topological polar surface area (TPSA) is 47.3 Å². The van der Waals surface area contributed by atoms with Crippen LogP contribution in [0.3, 0.4) is 0 Å². The summed E-state index contributed by atoms with van der Waals surface area (Å²) in [7, 11) is 1.69. The van der Waals surface area contributed by atoms with Crippen LogP contribution in [0.1, 0.15) is 11.5 Å². The van der Waals surface area contributed by atoms with Gasteiger partial charge in [-0.1, -0.05) is 12.1 Å². The fourth-order valence-corrected chi connectivity index (χ4v) is 2.27. The van der Waals surface area contributed by atoms with Gasteiger partial charge in [0.2, 0.25) is 0 Å². The molecule has 1 saturated heterocycles. The zero-order chi connectivity index (χ0) is 11.4. The summed E-state index contributed by atoms with van der Waals surface area (Å²) in [5, 5.41) is 3.38. The second kappa shape index (κ2) is 5.32. The van der Waals surface area contributed by atoms with E-state index in [0.29, 0.717) is 11.8 Å². The van der Waals surface area contributed by atoms with Gasteiger partial charge in [-0.2, -0.15) is 0 Å². The van der Waals surface area contributed by atoms with Gasteiger partial charge < -0.3 is 15.8 Å². The Morgan fingerprint density at radius 1 is 1.38 bits per heavy atom. The number of benzene rings is 1. The van der Waals surface area contributed by atoms with Gasteiger partial charge in [0.15, 0.2) is 0 Å². The van der Waals surface area contributed by atoms with Gasteiger partial charge in [0.05, 0.1) is 7.11 Å². The van der Waals surface area contributed by atoms with Crippen LogP contribution in [0, 0.1) is 12.3 Å². The van der Waals surface area contributed by atoms with Crippen LogP contribution in [0.2, 0.25) is 0 Å². The lowest BCUT2D eigenvalue weighted by atomic mass is 9.81. The number of piperidine rings is 1. The maximum absolute atomic E-state index is 5.80. The van der Waals surface area contributed by atoms with E-state index in [2.05, 4.69) is 23.9 Å². The highest BCUT2D eigenvalue weighted by Gasteiger charge is 2.25. The third-order valence-corrected chi connectivity index (χ3v) is 3.26. The van der Waals surface area contributed by atoms with E-state index in [1.165, 1.54) is 5.56 Å². The Bertz CT molecular complexity index is 323. The Balaban J connectivity index is 2.14. The van der Waals surface area contributed by atoms with Crippen molar-refractivity contribution in [1.82, 2.24) is 5.32 Å². The molecule has 0 aliphatic carbocycles. The molecule has 1 fully saturated rings. The molecule has 3 heteroatoms. The average Bonchev–Trinajstić information content (AvgIpc) is 2.39. The van der Waals surface area contributed by atoms with Gasteiger partial charge in [-0.3, -0.25) is 0 Å². The fourth-order valence-electron chi connectivity index (χ4n) is 2.27. The molecule has 2 rings (SSSR count). The van der Waals surface area contributed by atoms with Crippen LogP contribution in [0.4, 0.5) is 0 Å². The Morgan fingerprint density at radius 2 is 2.12 bits per heavy atom. The predicted octanol–water partition coefficient (Wildman–Crippen LogP) is 1.16. The zero-order valence-corrected chi connectivity index (χ0v) is 9.65. The lowest BCUT2D eigenvalue weighted by Gasteiger charge is -2.31. The van der Waals surface area contributed by atoms with Gasteiger partial charge in [-0.15, -0.1) is 0 Å². The molecule has 0 spiro atoms. The second-order valence-corrected chi connectivity index (χ2v) is 4.17. The molecule has 16 heavy (non-hydrogen) atoms. The van der Waals surface area contributed by atoms with Crippen molar-refractivity contribution in [3.8, 4) is 5.75 Å². The molecule has 1 aliphatic heterocycles. The highest BCUT2D eigenvalue weighted by Crippen LogP contribution is 2.29. The van der Waals surface area contributed by atoms with Crippen molar-refractivity contribution in [3.63, 3.8) is 0 Å². The lowest BCUT2D eigenvalue weighted by molar-refractivity contribution is 0.401. The molecule has 1 aromatic rings. The maximum Gasteiger partial charge on any atom is 0.118 e. The van der Waals surface area contributed by atoms with E-state index in [9.17, 15) is 0 Å². The minimum absolute atomic E-state index is 0.481. The minimum Gasteiger partial charge on any atom is -0.497 e. The van der Waals surface area contributed by atoms with Crippen molar-refractivity contribution in [2.24, 2.45) is 11.7 Å². The minimum atomic E-state index is 0.481. The molecule has 3 N–H and O–H groups in total. The summed E-state index contributed by atoms with van der Waals surface area (Å²) in [6.45, 7) is 2.69. The summed E-state index contributed by atoms with van der Waals surface area (Å²) in [5.41, 5.74) is 7.14. The molecular formula is C13H19N2O. The molecule has 1 heterocycles. The first-order chi connectivity index (χ1) is 7.85. The van der Waals surface area contributed by atoms with Crippen LogP contribution < -0.4 is 15.8 Å². The molecule has 0 bridgehead atoms. The Hall–Kier alpha value is -1.06. The normalized spacial score (nSPS) is 25.4. The molecule has 1 radical (unpaired) electrons. The van der Waals surface area contributed by atoms with Crippen molar-refractivity contribution >= 4 is 0 Å². The number of ether oxygens (including phenoxy) is 1. The second-order valence-electron chi connectivity index (χ2n) is 4.17. The molecule has 0 saturated carbocycles. The first kappa shape index (κ1) is 11.4. The molecule has 1 aliphatic rings. The Labute approximate surface area is 97.0 Å². The van der Waals surface area contributed by atoms with E-state index >= 15 is 0 Å². The summed E-state index contributed by atoms with van der Waals surface area (Å²) >= 11 is 0. The summed E-state index contributed by atoms with van der Waals surface area (Å²) in [6, 6.07) is 8.29. The number of hydrogen-bond donors (Lipinski definition) is 2. The average molecular weight is 219 g/mol. The lowest BCUT2D eigenvalue weighted by Crippen LogP contribution is -2.38. The Kier molecular flexibility index (Phi) is 3.80. The van der Waals surface area contributed by atoms with Gasteiger partial charge in [0.25, 0.3) is 0 Å².